The van der Waals surface area contributed by atoms with Crippen molar-refractivity contribution in [3.05, 3.63) is 198 Å². The van der Waals surface area contributed by atoms with E-state index in [2.05, 4.69) is 173 Å². The molecule has 0 saturated carbocycles. The van der Waals surface area contributed by atoms with Crippen LogP contribution in [0.3, 0.4) is 0 Å². The predicted octanol–water partition coefficient (Wildman–Crippen LogP) is 16.5. The molecule has 0 N–H and O–H groups in total. The number of imidazole rings is 1. The van der Waals surface area contributed by atoms with E-state index >= 15 is 0 Å². The molecule has 10 aromatic rings. The highest BCUT2D eigenvalue weighted by Crippen LogP contribution is 2.42. The van der Waals surface area contributed by atoms with Gasteiger partial charge in [-0.15, -0.1) is 0 Å². The van der Waals surface area contributed by atoms with Gasteiger partial charge in [0.25, 0.3) is 6.33 Å². The molecule has 0 radical (unpaired) electrons. The van der Waals surface area contributed by atoms with Crippen LogP contribution >= 0.6 is 0 Å². The topological polar surface area (TPSA) is 35.9 Å². The normalized spacial score (nSPS) is 13.7. The van der Waals surface area contributed by atoms with Crippen LogP contribution in [0, 0.1) is 6.33 Å². The van der Waals surface area contributed by atoms with Gasteiger partial charge in [-0.2, -0.15) is 0 Å². The van der Waals surface area contributed by atoms with E-state index in [9.17, 15) is 2.74 Å². The number of para-hydroxylation sites is 3. The first kappa shape index (κ1) is 39.7. The van der Waals surface area contributed by atoms with Gasteiger partial charge in [0.2, 0.25) is 0 Å². The zero-order valence-corrected chi connectivity index (χ0v) is 42.0. The molecule has 0 spiro atoms. The third-order valence-corrected chi connectivity index (χ3v) is 13.3. The van der Waals surface area contributed by atoms with Crippen molar-refractivity contribution in [3.8, 4) is 50.9 Å². The van der Waals surface area contributed by atoms with Gasteiger partial charge in [-0.25, -0.2) is 4.98 Å². The highest BCUT2D eigenvalue weighted by molar-refractivity contribution is 6.09. The average Bonchev–Trinajstić information content (AvgIpc) is 3.91. The number of ether oxygens (including phenoxy) is 1. The largest absolute Gasteiger partial charge is 0.458 e. The van der Waals surface area contributed by atoms with Gasteiger partial charge >= 0.3 is 0 Å². The third-order valence-electron chi connectivity index (χ3n) is 13.3. The summed E-state index contributed by atoms with van der Waals surface area (Å²) in [6, 6.07) is 44.2. The van der Waals surface area contributed by atoms with E-state index in [-0.39, 0.29) is 51.4 Å². The molecule has 346 valence electrons. The van der Waals surface area contributed by atoms with Crippen molar-refractivity contribution < 1.29 is 16.2 Å². The molecular formula is C64H64N4O. The van der Waals surface area contributed by atoms with Gasteiger partial charge in [-0.05, 0) is 115 Å². The summed E-state index contributed by atoms with van der Waals surface area (Å²) < 4.78 is 58.3. The van der Waals surface area contributed by atoms with Gasteiger partial charge in [-0.3, -0.25) is 13.7 Å². The first-order chi connectivity index (χ1) is 34.8. The van der Waals surface area contributed by atoms with E-state index in [4.69, 9.17) is 13.8 Å². The summed E-state index contributed by atoms with van der Waals surface area (Å²) in [6.07, 6.45) is 5.64. The van der Waals surface area contributed by atoms with Gasteiger partial charge < -0.3 is 4.74 Å². The fourth-order valence-corrected chi connectivity index (χ4v) is 9.26. The molecule has 5 nitrogen and oxygen atoms in total. The van der Waals surface area contributed by atoms with Crippen molar-refractivity contribution in [2.45, 2.75) is 105 Å². The number of aromatic nitrogens is 4. The van der Waals surface area contributed by atoms with Crippen LogP contribution in [-0.2, 0) is 21.7 Å². The second kappa shape index (κ2) is 16.8. The van der Waals surface area contributed by atoms with Gasteiger partial charge in [0.1, 0.15) is 17.3 Å². The lowest BCUT2D eigenvalue weighted by molar-refractivity contribution is -0.571. The Bertz CT molecular complexity index is 3810. The fourth-order valence-electron chi connectivity index (χ4n) is 9.26. The van der Waals surface area contributed by atoms with Crippen LogP contribution in [0.4, 0.5) is 0 Å². The lowest BCUT2D eigenvalue weighted by Crippen LogP contribution is -2.32. The lowest BCUT2D eigenvalue weighted by atomic mass is 9.77. The monoisotopic (exact) mass is 910 g/mol. The molecule has 7 aromatic carbocycles. The van der Waals surface area contributed by atoms with Gasteiger partial charge in [-0.1, -0.05) is 192 Å². The predicted molar refractivity (Wildman–Crippen MR) is 288 cm³/mol. The summed E-state index contributed by atoms with van der Waals surface area (Å²) >= 11 is 0. The highest BCUT2D eigenvalue weighted by Gasteiger charge is 2.27. The number of pyridine rings is 1. The average molecular weight is 910 g/mol. The quantitative estimate of drug-likeness (QED) is 0.118. The molecule has 0 saturated heterocycles. The second-order valence-electron chi connectivity index (χ2n) is 22.5. The molecule has 0 amide bonds. The smallest absolute Gasteiger partial charge is 0.269 e. The van der Waals surface area contributed by atoms with Crippen LogP contribution < -0.4 is 9.30 Å². The molecule has 3 aromatic heterocycles. The first-order valence-corrected chi connectivity index (χ1v) is 24.0. The maximum absolute atomic E-state index is 9.43. The molecule has 0 fully saturated rings. The fraction of sp³-hybridized carbons (Fsp3) is 0.250. The Morgan fingerprint density at radius 2 is 1.10 bits per heavy atom. The lowest BCUT2D eigenvalue weighted by Gasteiger charge is -2.28. The van der Waals surface area contributed by atoms with Crippen LogP contribution in [0.15, 0.2) is 170 Å². The minimum absolute atomic E-state index is 0.0580. The van der Waals surface area contributed by atoms with E-state index in [1.807, 2.05) is 69.9 Å². The molecule has 3 heterocycles. The van der Waals surface area contributed by atoms with Crippen LogP contribution in [0.25, 0.3) is 72.3 Å². The molecule has 5 heteroatoms. The zero-order chi connectivity index (χ0) is 53.0. The Labute approximate surface area is 415 Å². The number of nitrogens with zero attached hydrogens (tertiary/aromatic N) is 4. The molecule has 0 unspecified atom stereocenters. The van der Waals surface area contributed by atoms with Gasteiger partial charge in [0.05, 0.1) is 40.3 Å². The molecule has 69 heavy (non-hydrogen) atoms. The third kappa shape index (κ3) is 8.65. The van der Waals surface area contributed by atoms with E-state index in [1.165, 1.54) is 5.56 Å². The van der Waals surface area contributed by atoms with Crippen molar-refractivity contribution in [2.24, 2.45) is 0 Å². The standard InChI is InChI=1S/C64H64N4O/c1-61(2,3)44-31-32-65-59(38-44)68-55-26-17-16-25-51(55)52-30-29-50(40-58(52)68)69-49-24-20-23-48(39-49)66-41-67(57-28-19-18-27-56(57)66)60-53(42-21-14-13-15-22-42)36-47(64(10,11)12)37-54(60)43-33-45(62(4,5)6)35-46(34-43)63(7,8)9/h13-40H,1-12H3/i13D,14D,15D,21D,22D. The highest BCUT2D eigenvalue weighted by atomic mass is 16.5. The van der Waals surface area contributed by atoms with Gasteiger partial charge in [0, 0.05) is 23.0 Å². The Hall–Kier alpha value is -7.24. The minimum Gasteiger partial charge on any atom is -0.458 e. The zero-order valence-electron chi connectivity index (χ0n) is 47.0. The van der Waals surface area contributed by atoms with Crippen molar-refractivity contribution in [2.75, 3.05) is 0 Å². The van der Waals surface area contributed by atoms with E-state index in [1.54, 1.807) is 0 Å². The molecule has 0 aliphatic rings. The molecular weight excluding hydrogens is 841 g/mol. The number of benzene rings is 7. The van der Waals surface area contributed by atoms with Crippen LogP contribution in [-0.4, -0.2) is 14.1 Å². The van der Waals surface area contributed by atoms with E-state index in [0.29, 0.717) is 22.7 Å². The molecule has 0 aliphatic heterocycles. The summed E-state index contributed by atoms with van der Waals surface area (Å²) in [6.45, 7) is 26.4. The van der Waals surface area contributed by atoms with E-state index in [0.717, 1.165) is 72.2 Å². The Balaban J connectivity index is 1.19. The summed E-state index contributed by atoms with van der Waals surface area (Å²) in [5.41, 5.74) is 11.2. The van der Waals surface area contributed by atoms with Crippen molar-refractivity contribution >= 4 is 32.8 Å². The second-order valence-corrected chi connectivity index (χ2v) is 22.5. The van der Waals surface area contributed by atoms with Crippen molar-refractivity contribution in [3.63, 3.8) is 0 Å². The Morgan fingerprint density at radius 3 is 1.78 bits per heavy atom. The van der Waals surface area contributed by atoms with Crippen molar-refractivity contribution in [1.29, 1.82) is 0 Å². The maximum Gasteiger partial charge on any atom is 0.269 e. The van der Waals surface area contributed by atoms with Crippen LogP contribution in [0.2, 0.25) is 0 Å². The Kier molecular flexibility index (Phi) is 9.65. The number of fused-ring (bicyclic) bond motifs is 4. The molecule has 0 aliphatic carbocycles. The van der Waals surface area contributed by atoms with Crippen molar-refractivity contribution in [1.82, 2.24) is 14.1 Å². The molecule has 0 bridgehead atoms. The number of rotatable bonds is 7. The first-order valence-electron chi connectivity index (χ1n) is 26.5. The maximum atomic E-state index is 9.43. The summed E-state index contributed by atoms with van der Waals surface area (Å²) in [5.74, 6) is 2.13. The summed E-state index contributed by atoms with van der Waals surface area (Å²) in [5, 5.41) is 2.23. The SMILES string of the molecule is [2H]c1c([2H])c([2H])c(-c2cc(C(C)(C)C)cc(-c3cc(C(C)(C)C)cc(C(C)(C)C)c3)c2-[n+]2[c-]n(-c3cccc(Oc4ccc5c6ccccc6n(-c6cc(C(C)(C)C)ccn6)c5c4)c3)c3ccccc32)c([2H])c1[2H]. The minimum atomic E-state index is -0.437. The van der Waals surface area contributed by atoms with Crippen LogP contribution in [0.5, 0.6) is 11.5 Å². The van der Waals surface area contributed by atoms with Gasteiger partial charge in [0.15, 0.2) is 0 Å². The molecule has 10 rings (SSSR count). The summed E-state index contributed by atoms with van der Waals surface area (Å²) in [7, 11) is 0. The van der Waals surface area contributed by atoms with Crippen LogP contribution in [0.1, 0.15) is 112 Å². The number of hydrogen-bond acceptors (Lipinski definition) is 2. The number of hydrogen-bond donors (Lipinski definition) is 0. The Morgan fingerprint density at radius 1 is 0.507 bits per heavy atom. The van der Waals surface area contributed by atoms with E-state index < -0.39 is 6.04 Å². The molecule has 0 atom stereocenters. The summed E-state index contributed by atoms with van der Waals surface area (Å²) in [4.78, 5) is 4.88.